The highest BCUT2D eigenvalue weighted by molar-refractivity contribution is 5.83. The Labute approximate surface area is 97.0 Å². The summed E-state index contributed by atoms with van der Waals surface area (Å²) in [6.07, 6.45) is 0. The Hall–Kier alpha value is -1.35. The Bertz CT molecular complexity index is 397. The molecule has 0 spiro atoms. The van der Waals surface area contributed by atoms with Gasteiger partial charge >= 0.3 is 0 Å². The second-order valence-electron chi connectivity index (χ2n) is 4.77. The minimum Gasteiger partial charge on any atom is -0.368 e. The largest absolute Gasteiger partial charge is 0.368 e. The Kier molecular flexibility index (Phi) is 3.70. The van der Waals surface area contributed by atoms with Crippen LogP contribution in [0.15, 0.2) is 18.2 Å². The van der Waals surface area contributed by atoms with E-state index < -0.39 is 5.54 Å². The van der Waals surface area contributed by atoms with Gasteiger partial charge in [-0.1, -0.05) is 23.8 Å². The summed E-state index contributed by atoms with van der Waals surface area (Å²) in [6, 6.07) is 6.28. The third kappa shape index (κ3) is 3.07. The maximum Gasteiger partial charge on any atom is 0.237 e. The van der Waals surface area contributed by atoms with E-state index >= 15 is 0 Å². The fraction of sp³-hybridized carbons (Fsp3) is 0.462. The molecular formula is C13H20N2O. The molecule has 0 heterocycles. The fourth-order valence-corrected chi connectivity index (χ4v) is 1.45. The van der Waals surface area contributed by atoms with Crippen LogP contribution >= 0.6 is 0 Å². The van der Waals surface area contributed by atoms with Crippen LogP contribution in [-0.4, -0.2) is 11.4 Å². The summed E-state index contributed by atoms with van der Waals surface area (Å²) in [5, 5.41) is 3.16. The van der Waals surface area contributed by atoms with Crippen LogP contribution in [-0.2, 0) is 11.3 Å². The van der Waals surface area contributed by atoms with Gasteiger partial charge in [-0.15, -0.1) is 0 Å². The van der Waals surface area contributed by atoms with Crippen molar-refractivity contribution in [3.63, 3.8) is 0 Å². The number of hydrogen-bond donors (Lipinski definition) is 2. The molecule has 0 radical (unpaired) electrons. The molecule has 1 aromatic rings. The normalized spacial score (nSPS) is 11.5. The van der Waals surface area contributed by atoms with E-state index in [0.717, 1.165) is 0 Å². The van der Waals surface area contributed by atoms with Crippen molar-refractivity contribution >= 4 is 5.91 Å². The molecule has 1 amide bonds. The zero-order chi connectivity index (χ0) is 12.3. The zero-order valence-electron chi connectivity index (χ0n) is 10.4. The maximum atomic E-state index is 11.1. The number of amides is 1. The molecule has 1 rings (SSSR count). The van der Waals surface area contributed by atoms with Gasteiger partial charge in [0.2, 0.25) is 5.91 Å². The van der Waals surface area contributed by atoms with Gasteiger partial charge in [0.25, 0.3) is 0 Å². The Balaban J connectivity index is 2.72. The number of carbonyl (C=O) groups excluding carboxylic acids is 1. The van der Waals surface area contributed by atoms with Crippen LogP contribution in [0.5, 0.6) is 0 Å². The number of carbonyl (C=O) groups is 1. The molecule has 0 unspecified atom stereocenters. The van der Waals surface area contributed by atoms with Gasteiger partial charge in [-0.25, -0.2) is 0 Å². The second kappa shape index (κ2) is 4.66. The van der Waals surface area contributed by atoms with Crippen LogP contribution in [0.4, 0.5) is 0 Å². The van der Waals surface area contributed by atoms with Crippen LogP contribution in [0.2, 0.25) is 0 Å². The molecule has 16 heavy (non-hydrogen) atoms. The van der Waals surface area contributed by atoms with Crippen molar-refractivity contribution in [3.05, 3.63) is 34.9 Å². The summed E-state index contributed by atoms with van der Waals surface area (Å²) < 4.78 is 0. The van der Waals surface area contributed by atoms with E-state index in [-0.39, 0.29) is 5.91 Å². The number of nitrogens with two attached hydrogens (primary N) is 1. The smallest absolute Gasteiger partial charge is 0.237 e. The Morgan fingerprint density at radius 1 is 1.38 bits per heavy atom. The standard InChI is InChI=1S/C13H20N2O/c1-9-5-6-11(10(2)7-9)8-15-13(3,4)12(14)16/h5-7,15H,8H2,1-4H3,(H2,14,16). The molecule has 0 aromatic heterocycles. The van der Waals surface area contributed by atoms with Crippen molar-refractivity contribution < 1.29 is 4.79 Å². The molecule has 0 aliphatic heterocycles. The number of aryl methyl sites for hydroxylation is 2. The molecule has 3 N–H and O–H groups in total. The number of nitrogens with one attached hydrogen (secondary N) is 1. The molecule has 3 heteroatoms. The summed E-state index contributed by atoms with van der Waals surface area (Å²) in [5.41, 5.74) is 8.30. The van der Waals surface area contributed by atoms with Gasteiger partial charge in [0.05, 0.1) is 5.54 Å². The van der Waals surface area contributed by atoms with Crippen molar-refractivity contribution in [2.45, 2.75) is 39.8 Å². The molecule has 0 saturated heterocycles. The summed E-state index contributed by atoms with van der Waals surface area (Å²) in [6.45, 7) is 8.37. The molecule has 0 bridgehead atoms. The lowest BCUT2D eigenvalue weighted by Crippen LogP contribution is -2.50. The van der Waals surface area contributed by atoms with Gasteiger partial charge < -0.3 is 5.73 Å². The van der Waals surface area contributed by atoms with Crippen LogP contribution in [0, 0.1) is 13.8 Å². The van der Waals surface area contributed by atoms with Gasteiger partial charge in [-0.05, 0) is 38.8 Å². The van der Waals surface area contributed by atoms with E-state index in [1.54, 1.807) is 13.8 Å². The van der Waals surface area contributed by atoms with Crippen molar-refractivity contribution in [2.75, 3.05) is 0 Å². The number of hydrogen-bond acceptors (Lipinski definition) is 2. The average Bonchev–Trinajstić information content (AvgIpc) is 2.16. The molecule has 0 aliphatic carbocycles. The van der Waals surface area contributed by atoms with Crippen LogP contribution in [0.25, 0.3) is 0 Å². The quantitative estimate of drug-likeness (QED) is 0.810. The maximum absolute atomic E-state index is 11.1. The minimum absolute atomic E-state index is 0.336. The number of primary amides is 1. The first-order chi connectivity index (χ1) is 7.33. The topological polar surface area (TPSA) is 55.1 Å². The fourth-order valence-electron chi connectivity index (χ4n) is 1.45. The van der Waals surface area contributed by atoms with E-state index in [1.165, 1.54) is 16.7 Å². The SMILES string of the molecule is Cc1ccc(CNC(C)(C)C(N)=O)c(C)c1. The third-order valence-corrected chi connectivity index (χ3v) is 2.83. The highest BCUT2D eigenvalue weighted by Crippen LogP contribution is 2.11. The van der Waals surface area contributed by atoms with Gasteiger partial charge in [0, 0.05) is 6.54 Å². The summed E-state index contributed by atoms with van der Waals surface area (Å²) >= 11 is 0. The predicted molar refractivity (Wildman–Crippen MR) is 66.0 cm³/mol. The van der Waals surface area contributed by atoms with Crippen molar-refractivity contribution in [2.24, 2.45) is 5.73 Å². The van der Waals surface area contributed by atoms with Crippen molar-refractivity contribution in [3.8, 4) is 0 Å². The molecule has 88 valence electrons. The molecule has 0 saturated carbocycles. The summed E-state index contributed by atoms with van der Waals surface area (Å²) in [7, 11) is 0. The monoisotopic (exact) mass is 220 g/mol. The molecule has 0 fully saturated rings. The van der Waals surface area contributed by atoms with E-state index in [1.807, 2.05) is 0 Å². The van der Waals surface area contributed by atoms with Crippen molar-refractivity contribution in [1.29, 1.82) is 0 Å². The average molecular weight is 220 g/mol. The lowest BCUT2D eigenvalue weighted by molar-refractivity contribution is -0.123. The summed E-state index contributed by atoms with van der Waals surface area (Å²) in [5.74, 6) is -0.336. The molecular weight excluding hydrogens is 200 g/mol. The second-order valence-corrected chi connectivity index (χ2v) is 4.77. The highest BCUT2D eigenvalue weighted by atomic mass is 16.1. The first kappa shape index (κ1) is 12.7. The number of benzene rings is 1. The first-order valence-corrected chi connectivity index (χ1v) is 5.44. The van der Waals surface area contributed by atoms with Crippen molar-refractivity contribution in [1.82, 2.24) is 5.32 Å². The summed E-state index contributed by atoms with van der Waals surface area (Å²) in [4.78, 5) is 11.1. The van der Waals surface area contributed by atoms with Crippen LogP contribution in [0.1, 0.15) is 30.5 Å². The van der Waals surface area contributed by atoms with Crippen LogP contribution < -0.4 is 11.1 Å². The lowest BCUT2D eigenvalue weighted by atomic mass is 10.0. The van der Waals surface area contributed by atoms with E-state index in [4.69, 9.17) is 5.73 Å². The number of rotatable bonds is 4. The van der Waals surface area contributed by atoms with E-state index in [9.17, 15) is 4.79 Å². The van der Waals surface area contributed by atoms with Crippen LogP contribution in [0.3, 0.4) is 0 Å². The Morgan fingerprint density at radius 2 is 2.00 bits per heavy atom. The molecule has 1 aromatic carbocycles. The molecule has 0 aliphatic rings. The van der Waals surface area contributed by atoms with Gasteiger partial charge in [0.15, 0.2) is 0 Å². The van der Waals surface area contributed by atoms with Gasteiger partial charge in [-0.2, -0.15) is 0 Å². The lowest BCUT2D eigenvalue weighted by Gasteiger charge is -2.23. The third-order valence-electron chi connectivity index (χ3n) is 2.83. The van der Waals surface area contributed by atoms with Gasteiger partial charge in [0.1, 0.15) is 0 Å². The molecule has 0 atom stereocenters. The first-order valence-electron chi connectivity index (χ1n) is 5.44. The van der Waals surface area contributed by atoms with E-state index in [2.05, 4.69) is 37.4 Å². The Morgan fingerprint density at radius 3 is 2.50 bits per heavy atom. The predicted octanol–water partition coefficient (Wildman–Crippen LogP) is 1.66. The zero-order valence-corrected chi connectivity index (χ0v) is 10.4. The minimum atomic E-state index is -0.669. The molecule has 3 nitrogen and oxygen atoms in total. The van der Waals surface area contributed by atoms with Gasteiger partial charge in [-0.3, -0.25) is 10.1 Å². The van der Waals surface area contributed by atoms with E-state index in [0.29, 0.717) is 6.54 Å². The highest BCUT2D eigenvalue weighted by Gasteiger charge is 2.23.